The van der Waals surface area contributed by atoms with Crippen LogP contribution < -0.4 is 0 Å². The van der Waals surface area contributed by atoms with E-state index in [0.717, 1.165) is 24.0 Å². The lowest BCUT2D eigenvalue weighted by molar-refractivity contribution is -0.174. The van der Waals surface area contributed by atoms with E-state index in [0.29, 0.717) is 47.7 Å². The molecule has 5 nitrogen and oxygen atoms in total. The molecule has 2 aromatic carbocycles. The topological polar surface area (TPSA) is 76.5 Å². The highest BCUT2D eigenvalue weighted by Crippen LogP contribution is 2.55. The molecule has 2 atom stereocenters. The van der Waals surface area contributed by atoms with E-state index in [-0.39, 0.29) is 6.61 Å². The largest absolute Gasteiger partial charge is 0.374 e. The zero-order valence-electron chi connectivity index (χ0n) is 20.4. The number of pyridine rings is 1. The van der Waals surface area contributed by atoms with Crippen molar-refractivity contribution in [2.45, 2.75) is 67.7 Å². The van der Waals surface area contributed by atoms with Gasteiger partial charge in [0, 0.05) is 27.1 Å². The van der Waals surface area contributed by atoms with Crippen LogP contribution in [0.2, 0.25) is 10.0 Å². The fraction of sp³-hybridized carbons (Fsp3) is 0.367. The molecule has 0 amide bonds. The van der Waals surface area contributed by atoms with Crippen molar-refractivity contribution in [3.05, 3.63) is 99.8 Å². The van der Waals surface area contributed by atoms with Crippen LogP contribution in [0.25, 0.3) is 0 Å². The molecule has 2 aliphatic rings. The Kier molecular flexibility index (Phi) is 7.25. The molecule has 1 N–H and O–H groups in total. The van der Waals surface area contributed by atoms with Crippen molar-refractivity contribution in [3.63, 3.8) is 0 Å². The van der Waals surface area contributed by atoms with Crippen LogP contribution in [0, 0.1) is 0 Å². The van der Waals surface area contributed by atoms with Crippen LogP contribution in [0.1, 0.15) is 55.3 Å². The van der Waals surface area contributed by atoms with Gasteiger partial charge in [-0.1, -0.05) is 66.4 Å². The Bertz CT molecular complexity index is 1260. The summed E-state index contributed by atoms with van der Waals surface area (Å²) in [6, 6.07) is 19.9. The predicted molar refractivity (Wildman–Crippen MR) is 143 cm³/mol. The van der Waals surface area contributed by atoms with Gasteiger partial charge in [-0.2, -0.15) is 0 Å². The molecule has 0 saturated heterocycles. The van der Waals surface area contributed by atoms with Crippen molar-refractivity contribution in [2.24, 2.45) is 0 Å². The van der Waals surface area contributed by atoms with Crippen molar-refractivity contribution >= 4 is 35.3 Å². The van der Waals surface area contributed by atoms with Gasteiger partial charge in [0.1, 0.15) is 6.10 Å². The Morgan fingerprint density at radius 2 is 1.54 bits per heavy atom. The van der Waals surface area contributed by atoms with E-state index >= 15 is 0 Å². The number of ketones is 1. The van der Waals surface area contributed by atoms with Crippen LogP contribution in [-0.4, -0.2) is 33.9 Å². The molecule has 0 radical (unpaired) electrons. The maximum Gasteiger partial charge on any atom is 0.202 e. The van der Waals surface area contributed by atoms with Crippen molar-refractivity contribution in [3.8, 4) is 0 Å². The first-order chi connectivity index (χ1) is 17.8. The second-order valence-electron chi connectivity index (χ2n) is 10.2. The summed E-state index contributed by atoms with van der Waals surface area (Å²) in [6.45, 7) is 0.0788. The highest BCUT2D eigenvalue weighted by molar-refractivity contribution is 6.30. The van der Waals surface area contributed by atoms with Gasteiger partial charge in [-0.15, -0.1) is 0 Å². The second kappa shape index (κ2) is 10.3. The molecule has 1 heterocycles. The maximum atomic E-state index is 14.5. The molecule has 2 saturated carbocycles. The van der Waals surface area contributed by atoms with Crippen molar-refractivity contribution < 1.29 is 19.4 Å². The molecular weight excluding hydrogens is 509 g/mol. The summed E-state index contributed by atoms with van der Waals surface area (Å²) in [6.07, 6.45) is 5.15. The number of halogens is 2. The number of aromatic nitrogens is 1. The van der Waals surface area contributed by atoms with Crippen LogP contribution >= 0.6 is 23.2 Å². The van der Waals surface area contributed by atoms with Crippen LogP contribution in [-0.2, 0) is 31.8 Å². The van der Waals surface area contributed by atoms with E-state index in [1.807, 2.05) is 30.3 Å². The lowest BCUT2D eigenvalue weighted by Crippen LogP contribution is -2.67. The van der Waals surface area contributed by atoms with E-state index in [1.54, 1.807) is 42.6 Å². The van der Waals surface area contributed by atoms with Crippen LogP contribution in [0.4, 0.5) is 0 Å². The summed E-state index contributed by atoms with van der Waals surface area (Å²) < 4.78 is 6.36. The molecule has 5 rings (SSSR count). The Hall–Kier alpha value is -2.57. The third-order valence-electron chi connectivity index (χ3n) is 8.41. The summed E-state index contributed by atoms with van der Waals surface area (Å²) in [5.74, 6) is -0.609. The van der Waals surface area contributed by atoms with E-state index in [4.69, 9.17) is 27.9 Å². The summed E-state index contributed by atoms with van der Waals surface area (Å²) in [5.41, 5.74) is -1.68. The molecule has 0 spiro atoms. The smallest absolute Gasteiger partial charge is 0.202 e. The van der Waals surface area contributed by atoms with Gasteiger partial charge < -0.3 is 9.84 Å². The van der Waals surface area contributed by atoms with Crippen molar-refractivity contribution in [2.75, 3.05) is 0 Å². The third kappa shape index (κ3) is 4.42. The Morgan fingerprint density at radius 3 is 2.00 bits per heavy atom. The Balaban J connectivity index is 1.58. The molecule has 0 bridgehead atoms. The third-order valence-corrected chi connectivity index (χ3v) is 8.91. The van der Waals surface area contributed by atoms with E-state index in [2.05, 4.69) is 4.98 Å². The van der Waals surface area contributed by atoms with E-state index in [9.17, 15) is 14.7 Å². The highest BCUT2D eigenvalue weighted by Gasteiger charge is 2.64. The van der Waals surface area contributed by atoms with Gasteiger partial charge in [-0.25, -0.2) is 0 Å². The lowest BCUT2D eigenvalue weighted by atomic mass is 9.51. The molecular formula is C30H29Cl2NO4. The van der Waals surface area contributed by atoms with Crippen LogP contribution in [0.3, 0.4) is 0 Å². The minimum atomic E-state index is -2.26. The normalized spacial score (nSPS) is 20.1. The fourth-order valence-corrected chi connectivity index (χ4v) is 6.23. The van der Waals surface area contributed by atoms with Gasteiger partial charge in [-0.3, -0.25) is 14.6 Å². The van der Waals surface area contributed by atoms with Gasteiger partial charge in [-0.05, 0) is 73.2 Å². The molecule has 3 aromatic rings. The maximum absolute atomic E-state index is 14.5. The number of benzene rings is 2. The minimum absolute atomic E-state index is 0.0788. The molecule has 192 valence electrons. The number of rotatable bonds is 10. The molecule has 37 heavy (non-hydrogen) atoms. The lowest BCUT2D eigenvalue weighted by Gasteiger charge is -2.54. The highest BCUT2D eigenvalue weighted by atomic mass is 35.5. The molecule has 7 heteroatoms. The number of aldehydes is 1. The standard InChI is InChI=1S/C30H29Cl2NO4/c31-23-10-6-21(7-11-23)28(14-3-15-28)27(37-19-25-5-1-2-18-33-25)26(35)30(36,20-34)29(16-4-17-29)22-8-12-24(32)13-9-22/h1-2,5-13,18,20,27,36H,3-4,14-17,19H2. The average molecular weight is 538 g/mol. The number of Topliss-reactive ketones (excluding diaryl/α,β-unsaturated/α-hetero) is 1. The number of hydrogen-bond acceptors (Lipinski definition) is 5. The number of carbonyl (C=O) groups excluding carboxylic acids is 2. The first kappa shape index (κ1) is 26.1. The number of nitrogens with zero attached hydrogens (tertiary/aromatic N) is 1. The number of hydrogen-bond donors (Lipinski definition) is 1. The SMILES string of the molecule is O=CC(O)(C(=O)C(OCc1ccccn1)C1(c2ccc(Cl)cc2)CCC1)C1(c2ccc(Cl)cc2)CCC1. The Labute approximate surface area is 226 Å². The minimum Gasteiger partial charge on any atom is -0.374 e. The number of aliphatic hydroxyl groups is 1. The molecule has 2 aliphatic carbocycles. The van der Waals surface area contributed by atoms with Crippen LogP contribution in [0.15, 0.2) is 72.9 Å². The Morgan fingerprint density at radius 1 is 0.946 bits per heavy atom. The van der Waals surface area contributed by atoms with Crippen molar-refractivity contribution in [1.29, 1.82) is 0 Å². The zero-order valence-corrected chi connectivity index (χ0v) is 21.9. The number of carbonyl (C=O) groups is 2. The molecule has 2 fully saturated rings. The first-order valence-electron chi connectivity index (χ1n) is 12.6. The summed E-state index contributed by atoms with van der Waals surface area (Å²) in [7, 11) is 0. The predicted octanol–water partition coefficient (Wildman–Crippen LogP) is 6.02. The van der Waals surface area contributed by atoms with Crippen molar-refractivity contribution in [1.82, 2.24) is 4.98 Å². The van der Waals surface area contributed by atoms with Gasteiger partial charge in [0.25, 0.3) is 0 Å². The quantitative estimate of drug-likeness (QED) is 0.253. The zero-order chi connectivity index (χ0) is 26.1. The molecule has 0 aliphatic heterocycles. The molecule has 1 aromatic heterocycles. The fourth-order valence-electron chi connectivity index (χ4n) is 5.98. The number of ether oxygens (including phenoxy) is 1. The van der Waals surface area contributed by atoms with E-state index in [1.165, 1.54) is 0 Å². The first-order valence-corrected chi connectivity index (χ1v) is 13.4. The summed E-state index contributed by atoms with van der Waals surface area (Å²) in [5, 5.41) is 13.2. The second-order valence-corrected chi connectivity index (χ2v) is 11.1. The van der Waals surface area contributed by atoms with Crippen LogP contribution in [0.5, 0.6) is 0 Å². The van der Waals surface area contributed by atoms with Gasteiger partial charge in [0.2, 0.25) is 5.78 Å². The van der Waals surface area contributed by atoms with E-state index < -0.39 is 28.3 Å². The summed E-state index contributed by atoms with van der Waals surface area (Å²) in [4.78, 5) is 31.6. The average Bonchev–Trinajstić information content (AvgIpc) is 2.86. The van der Waals surface area contributed by atoms with Gasteiger partial charge in [0.15, 0.2) is 11.9 Å². The van der Waals surface area contributed by atoms with Gasteiger partial charge >= 0.3 is 0 Å². The van der Waals surface area contributed by atoms with Gasteiger partial charge in [0.05, 0.1) is 12.3 Å². The monoisotopic (exact) mass is 537 g/mol. The summed E-state index contributed by atoms with van der Waals surface area (Å²) >= 11 is 12.3. The molecule has 2 unspecified atom stereocenters.